The molecule has 1 aromatic rings. The van der Waals surface area contributed by atoms with Crippen LogP contribution in [-0.2, 0) is 11.0 Å². The van der Waals surface area contributed by atoms with E-state index in [-0.39, 0.29) is 5.92 Å². The maximum absolute atomic E-state index is 12.6. The van der Waals surface area contributed by atoms with Gasteiger partial charge in [-0.05, 0) is 35.6 Å². The van der Waals surface area contributed by atoms with Gasteiger partial charge < -0.3 is 5.11 Å². The van der Waals surface area contributed by atoms with E-state index < -0.39 is 17.7 Å². The summed E-state index contributed by atoms with van der Waals surface area (Å²) < 4.78 is 37.9. The highest BCUT2D eigenvalue weighted by Gasteiger charge is 2.30. The Morgan fingerprint density at radius 3 is 2.47 bits per heavy atom. The standard InChI is InChI=1S/C14H15F3O2/c1-9(2)6-11(8-13(18)19)10-4-3-5-12(7-10)14(15,16)17/h3-5,7-9H,6H2,1-2H3,(H,18,19)/b11-8+. The van der Waals surface area contributed by atoms with Crippen molar-refractivity contribution < 1.29 is 23.1 Å². The number of carboxylic acid groups (broad SMARTS) is 1. The molecule has 0 aliphatic heterocycles. The Hall–Kier alpha value is -1.78. The van der Waals surface area contributed by atoms with Crippen molar-refractivity contribution in [2.24, 2.45) is 5.92 Å². The molecule has 0 spiro atoms. The molecule has 0 saturated heterocycles. The molecular weight excluding hydrogens is 257 g/mol. The Labute approximate surface area is 109 Å². The molecule has 0 aliphatic carbocycles. The highest BCUT2D eigenvalue weighted by Crippen LogP contribution is 2.32. The molecule has 1 N–H and O–H groups in total. The first-order chi connectivity index (χ1) is 8.70. The van der Waals surface area contributed by atoms with Gasteiger partial charge >= 0.3 is 12.1 Å². The lowest BCUT2D eigenvalue weighted by molar-refractivity contribution is -0.137. The van der Waals surface area contributed by atoms with Gasteiger partial charge in [0.2, 0.25) is 0 Å². The summed E-state index contributed by atoms with van der Waals surface area (Å²) in [5.74, 6) is -1.01. The second-order valence-electron chi connectivity index (χ2n) is 4.68. The molecule has 1 rings (SSSR count). The summed E-state index contributed by atoms with van der Waals surface area (Å²) in [6.07, 6.45) is -3.05. The van der Waals surface area contributed by atoms with Crippen molar-refractivity contribution in [3.63, 3.8) is 0 Å². The topological polar surface area (TPSA) is 37.3 Å². The van der Waals surface area contributed by atoms with Crippen molar-refractivity contribution in [3.05, 3.63) is 41.5 Å². The van der Waals surface area contributed by atoms with Gasteiger partial charge in [-0.2, -0.15) is 13.2 Å². The Morgan fingerprint density at radius 2 is 2.00 bits per heavy atom. The number of carbonyl (C=O) groups is 1. The highest BCUT2D eigenvalue weighted by atomic mass is 19.4. The molecule has 0 heterocycles. The number of hydrogen-bond acceptors (Lipinski definition) is 1. The SMILES string of the molecule is CC(C)C/C(=C\C(=O)O)c1cccc(C(F)(F)F)c1. The molecule has 2 nitrogen and oxygen atoms in total. The van der Waals surface area contributed by atoms with Gasteiger partial charge in [-0.3, -0.25) is 0 Å². The highest BCUT2D eigenvalue weighted by molar-refractivity contribution is 5.90. The van der Waals surface area contributed by atoms with Crippen LogP contribution in [0.5, 0.6) is 0 Å². The predicted molar refractivity (Wildman–Crippen MR) is 66.5 cm³/mol. The van der Waals surface area contributed by atoms with Gasteiger partial charge in [0.15, 0.2) is 0 Å². The second kappa shape index (κ2) is 5.91. The summed E-state index contributed by atoms with van der Waals surface area (Å²) >= 11 is 0. The van der Waals surface area contributed by atoms with Crippen LogP contribution in [-0.4, -0.2) is 11.1 Å². The maximum Gasteiger partial charge on any atom is 0.416 e. The third kappa shape index (κ3) is 4.77. The molecule has 5 heteroatoms. The summed E-state index contributed by atoms with van der Waals surface area (Å²) in [7, 11) is 0. The van der Waals surface area contributed by atoms with Gasteiger partial charge in [-0.25, -0.2) is 4.79 Å². The van der Waals surface area contributed by atoms with Gasteiger partial charge in [0.05, 0.1) is 5.56 Å². The molecule has 104 valence electrons. The van der Waals surface area contributed by atoms with Crippen LogP contribution in [0, 0.1) is 5.92 Å². The Morgan fingerprint density at radius 1 is 1.37 bits per heavy atom. The fraction of sp³-hybridized carbons (Fsp3) is 0.357. The third-order valence-corrected chi connectivity index (χ3v) is 2.49. The molecule has 1 aromatic carbocycles. The van der Waals surface area contributed by atoms with Crippen LogP contribution in [0.2, 0.25) is 0 Å². The van der Waals surface area contributed by atoms with Crippen LogP contribution in [0.1, 0.15) is 31.4 Å². The zero-order valence-electron chi connectivity index (χ0n) is 10.7. The lowest BCUT2D eigenvalue weighted by Gasteiger charge is -2.12. The number of allylic oxidation sites excluding steroid dienone is 1. The van der Waals surface area contributed by atoms with Gasteiger partial charge in [-0.15, -0.1) is 0 Å². The summed E-state index contributed by atoms with van der Waals surface area (Å²) in [4.78, 5) is 10.7. The number of carboxylic acids is 1. The molecule has 0 atom stereocenters. The summed E-state index contributed by atoms with van der Waals surface area (Å²) in [5.41, 5.74) is -0.0791. The van der Waals surface area contributed by atoms with E-state index in [9.17, 15) is 18.0 Å². The monoisotopic (exact) mass is 272 g/mol. The van der Waals surface area contributed by atoms with Crippen molar-refractivity contribution in [2.45, 2.75) is 26.4 Å². The Kier molecular flexibility index (Phi) is 4.75. The van der Waals surface area contributed by atoms with Gasteiger partial charge in [0, 0.05) is 6.08 Å². The normalized spacial score (nSPS) is 12.8. The van der Waals surface area contributed by atoms with Crippen LogP contribution in [0.3, 0.4) is 0 Å². The zero-order chi connectivity index (χ0) is 14.6. The lowest BCUT2D eigenvalue weighted by atomic mass is 9.95. The van der Waals surface area contributed by atoms with Crippen molar-refractivity contribution in [1.82, 2.24) is 0 Å². The van der Waals surface area contributed by atoms with Crippen molar-refractivity contribution >= 4 is 11.5 Å². The van der Waals surface area contributed by atoms with Crippen LogP contribution in [0.15, 0.2) is 30.3 Å². The third-order valence-electron chi connectivity index (χ3n) is 2.49. The van der Waals surface area contributed by atoms with E-state index in [4.69, 9.17) is 5.11 Å². The number of rotatable bonds is 4. The van der Waals surface area contributed by atoms with E-state index in [1.165, 1.54) is 12.1 Å². The molecule has 0 unspecified atom stereocenters. The maximum atomic E-state index is 12.6. The van der Waals surface area contributed by atoms with Crippen LogP contribution < -0.4 is 0 Å². The first kappa shape index (κ1) is 15.3. The van der Waals surface area contributed by atoms with Crippen LogP contribution >= 0.6 is 0 Å². The summed E-state index contributed by atoms with van der Waals surface area (Å²) in [5, 5.41) is 8.79. The van der Waals surface area contributed by atoms with E-state index in [2.05, 4.69) is 0 Å². The smallest absolute Gasteiger partial charge is 0.416 e. The molecule has 0 bridgehead atoms. The number of hydrogen-bond donors (Lipinski definition) is 1. The van der Waals surface area contributed by atoms with Crippen molar-refractivity contribution in [1.29, 1.82) is 0 Å². The molecule has 0 saturated carbocycles. The van der Waals surface area contributed by atoms with E-state index in [1.54, 1.807) is 0 Å². The fourth-order valence-corrected chi connectivity index (χ4v) is 1.74. The predicted octanol–water partition coefficient (Wildman–Crippen LogP) is 4.22. The number of alkyl halides is 3. The average Bonchev–Trinajstić information content (AvgIpc) is 2.26. The first-order valence-electron chi connectivity index (χ1n) is 5.81. The molecule has 0 aliphatic rings. The van der Waals surface area contributed by atoms with E-state index in [0.717, 1.165) is 18.2 Å². The van der Waals surface area contributed by atoms with Crippen molar-refractivity contribution in [3.8, 4) is 0 Å². The summed E-state index contributed by atoms with van der Waals surface area (Å²) in [6.45, 7) is 3.76. The van der Waals surface area contributed by atoms with Crippen LogP contribution in [0.25, 0.3) is 5.57 Å². The lowest BCUT2D eigenvalue weighted by Crippen LogP contribution is -2.05. The van der Waals surface area contributed by atoms with E-state index in [1.807, 2.05) is 13.8 Å². The molecule has 19 heavy (non-hydrogen) atoms. The molecule has 0 radical (unpaired) electrons. The molecular formula is C14H15F3O2. The quantitative estimate of drug-likeness (QED) is 0.833. The van der Waals surface area contributed by atoms with E-state index >= 15 is 0 Å². The molecule has 0 fully saturated rings. The minimum Gasteiger partial charge on any atom is -0.478 e. The van der Waals surface area contributed by atoms with Gasteiger partial charge in [0.25, 0.3) is 0 Å². The zero-order valence-corrected chi connectivity index (χ0v) is 10.7. The number of aliphatic carboxylic acids is 1. The average molecular weight is 272 g/mol. The second-order valence-corrected chi connectivity index (χ2v) is 4.68. The number of benzene rings is 1. The molecule has 0 amide bonds. The first-order valence-corrected chi connectivity index (χ1v) is 5.81. The van der Waals surface area contributed by atoms with Gasteiger partial charge in [-0.1, -0.05) is 26.0 Å². The molecule has 0 aromatic heterocycles. The summed E-state index contributed by atoms with van der Waals surface area (Å²) in [6, 6.07) is 4.73. The number of halogens is 3. The van der Waals surface area contributed by atoms with Crippen LogP contribution in [0.4, 0.5) is 13.2 Å². The van der Waals surface area contributed by atoms with Crippen molar-refractivity contribution in [2.75, 3.05) is 0 Å². The minimum absolute atomic E-state index is 0.153. The largest absolute Gasteiger partial charge is 0.478 e. The minimum atomic E-state index is -4.43. The van der Waals surface area contributed by atoms with E-state index in [0.29, 0.717) is 17.6 Å². The van der Waals surface area contributed by atoms with Gasteiger partial charge in [0.1, 0.15) is 0 Å². The Balaban J connectivity index is 3.20. The Bertz CT molecular complexity index is 488. The fourth-order valence-electron chi connectivity index (χ4n) is 1.74.